The van der Waals surface area contributed by atoms with Crippen molar-refractivity contribution >= 4 is 28.8 Å². The number of carbonyl (C=O) groups is 2. The smallest absolute Gasteiger partial charge is 0.264 e. The minimum atomic E-state index is -0.433. The van der Waals surface area contributed by atoms with Gasteiger partial charge in [-0.15, -0.1) is 21.5 Å². The Labute approximate surface area is 154 Å². The number of pyridine rings is 1. The summed E-state index contributed by atoms with van der Waals surface area (Å²) in [5.41, 5.74) is 0.740. The van der Waals surface area contributed by atoms with E-state index in [-0.39, 0.29) is 18.4 Å². The third-order valence-corrected chi connectivity index (χ3v) is 5.46. The third-order valence-electron chi connectivity index (χ3n) is 4.60. The minimum Gasteiger partial charge on any atom is -0.347 e. The van der Waals surface area contributed by atoms with Crippen LogP contribution < -0.4 is 5.32 Å². The molecule has 8 heteroatoms. The summed E-state index contributed by atoms with van der Waals surface area (Å²) >= 11 is 1.41. The molecule has 1 N–H and O–H groups in total. The van der Waals surface area contributed by atoms with Gasteiger partial charge in [0.15, 0.2) is 11.5 Å². The molecule has 1 aliphatic heterocycles. The van der Waals surface area contributed by atoms with Gasteiger partial charge in [-0.25, -0.2) is 0 Å². The molecular formula is C18H19N5O2S. The number of nitrogens with zero attached hydrogens (tertiary/aromatic N) is 4. The van der Waals surface area contributed by atoms with Gasteiger partial charge in [0.05, 0.1) is 11.4 Å². The van der Waals surface area contributed by atoms with E-state index in [0.717, 1.165) is 18.5 Å². The molecule has 7 nitrogen and oxygen atoms in total. The SMILES string of the molecule is O=C(NCc1nnc2ccccn12)C1CCCCN1C(=O)c1cccs1. The summed E-state index contributed by atoms with van der Waals surface area (Å²) in [5.74, 6) is 0.468. The number of rotatable bonds is 4. The van der Waals surface area contributed by atoms with Crippen LogP contribution in [0.4, 0.5) is 0 Å². The van der Waals surface area contributed by atoms with Crippen LogP contribution in [0.1, 0.15) is 34.8 Å². The highest BCUT2D eigenvalue weighted by molar-refractivity contribution is 7.12. The molecule has 1 fully saturated rings. The Morgan fingerprint density at radius 2 is 2.12 bits per heavy atom. The number of fused-ring (bicyclic) bond motifs is 1. The summed E-state index contributed by atoms with van der Waals surface area (Å²) < 4.78 is 1.84. The second-order valence-corrected chi connectivity index (χ2v) is 7.20. The quantitative estimate of drug-likeness (QED) is 0.764. The van der Waals surface area contributed by atoms with Crippen molar-refractivity contribution in [2.45, 2.75) is 31.8 Å². The van der Waals surface area contributed by atoms with E-state index in [1.165, 1.54) is 11.3 Å². The second-order valence-electron chi connectivity index (χ2n) is 6.25. The first-order chi connectivity index (χ1) is 12.7. The molecule has 0 radical (unpaired) electrons. The van der Waals surface area contributed by atoms with Crippen molar-refractivity contribution in [2.75, 3.05) is 6.54 Å². The highest BCUT2D eigenvalue weighted by atomic mass is 32.1. The maximum atomic E-state index is 12.8. The molecular weight excluding hydrogens is 350 g/mol. The molecule has 1 atom stereocenters. The first-order valence-corrected chi connectivity index (χ1v) is 9.53. The van der Waals surface area contributed by atoms with Crippen LogP contribution in [0, 0.1) is 0 Å². The average molecular weight is 369 g/mol. The van der Waals surface area contributed by atoms with E-state index in [4.69, 9.17) is 0 Å². The Kier molecular flexibility index (Phi) is 4.66. The molecule has 4 heterocycles. The number of piperidine rings is 1. The molecule has 0 aliphatic carbocycles. The van der Waals surface area contributed by atoms with E-state index in [2.05, 4.69) is 15.5 Å². The minimum absolute atomic E-state index is 0.0622. The van der Waals surface area contributed by atoms with Crippen molar-refractivity contribution in [3.63, 3.8) is 0 Å². The van der Waals surface area contributed by atoms with Gasteiger partial charge in [-0.3, -0.25) is 14.0 Å². The topological polar surface area (TPSA) is 79.6 Å². The fourth-order valence-electron chi connectivity index (χ4n) is 3.28. The predicted octanol–water partition coefficient (Wildman–Crippen LogP) is 2.10. The predicted molar refractivity (Wildman–Crippen MR) is 97.8 cm³/mol. The number of hydrogen-bond acceptors (Lipinski definition) is 5. The van der Waals surface area contributed by atoms with Crippen LogP contribution in [0.15, 0.2) is 41.9 Å². The number of thiophene rings is 1. The van der Waals surface area contributed by atoms with Crippen molar-refractivity contribution in [2.24, 2.45) is 0 Å². The van der Waals surface area contributed by atoms with Gasteiger partial charge in [0.25, 0.3) is 5.91 Å². The first kappa shape index (κ1) is 16.7. The lowest BCUT2D eigenvalue weighted by atomic mass is 10.0. The average Bonchev–Trinajstić information content (AvgIpc) is 3.35. The van der Waals surface area contributed by atoms with Crippen LogP contribution in [0.25, 0.3) is 5.65 Å². The fourth-order valence-corrected chi connectivity index (χ4v) is 3.96. The Morgan fingerprint density at radius 3 is 2.96 bits per heavy atom. The van der Waals surface area contributed by atoms with Crippen molar-refractivity contribution in [1.29, 1.82) is 0 Å². The summed E-state index contributed by atoms with van der Waals surface area (Å²) in [6, 6.07) is 8.87. The summed E-state index contributed by atoms with van der Waals surface area (Å²) in [6.07, 6.45) is 4.42. The zero-order chi connectivity index (χ0) is 17.9. The molecule has 1 saturated heterocycles. The van der Waals surface area contributed by atoms with Crippen LogP contribution in [0.3, 0.4) is 0 Å². The van der Waals surface area contributed by atoms with Crippen LogP contribution in [-0.2, 0) is 11.3 Å². The molecule has 0 spiro atoms. The monoisotopic (exact) mass is 369 g/mol. The Balaban J connectivity index is 1.46. The Morgan fingerprint density at radius 1 is 1.19 bits per heavy atom. The highest BCUT2D eigenvalue weighted by Crippen LogP contribution is 2.22. The molecule has 4 rings (SSSR count). The Hall–Kier alpha value is -2.74. The third kappa shape index (κ3) is 3.20. The molecule has 2 amide bonds. The van der Waals surface area contributed by atoms with Gasteiger partial charge in [0.1, 0.15) is 6.04 Å². The number of carbonyl (C=O) groups excluding carboxylic acids is 2. The highest BCUT2D eigenvalue weighted by Gasteiger charge is 2.33. The normalized spacial score (nSPS) is 17.4. The molecule has 26 heavy (non-hydrogen) atoms. The molecule has 134 valence electrons. The van der Waals surface area contributed by atoms with Gasteiger partial charge in [0.2, 0.25) is 5.91 Å². The van der Waals surface area contributed by atoms with E-state index < -0.39 is 6.04 Å². The van der Waals surface area contributed by atoms with Gasteiger partial charge in [0, 0.05) is 12.7 Å². The number of likely N-dealkylation sites (tertiary alicyclic amines) is 1. The van der Waals surface area contributed by atoms with E-state index in [9.17, 15) is 9.59 Å². The van der Waals surface area contributed by atoms with Crippen molar-refractivity contribution in [3.8, 4) is 0 Å². The first-order valence-electron chi connectivity index (χ1n) is 8.65. The lowest BCUT2D eigenvalue weighted by Crippen LogP contribution is -2.51. The van der Waals surface area contributed by atoms with Crippen LogP contribution >= 0.6 is 11.3 Å². The number of aromatic nitrogens is 3. The van der Waals surface area contributed by atoms with E-state index in [0.29, 0.717) is 23.7 Å². The van der Waals surface area contributed by atoms with Crippen LogP contribution in [0.2, 0.25) is 0 Å². The van der Waals surface area contributed by atoms with Crippen LogP contribution in [-0.4, -0.2) is 43.9 Å². The summed E-state index contributed by atoms with van der Waals surface area (Å²) in [5, 5.41) is 13.0. The van der Waals surface area contributed by atoms with Crippen molar-refractivity contribution < 1.29 is 9.59 Å². The van der Waals surface area contributed by atoms with Gasteiger partial charge in [-0.2, -0.15) is 0 Å². The lowest BCUT2D eigenvalue weighted by Gasteiger charge is -2.34. The Bertz CT molecular complexity index is 921. The fraction of sp³-hybridized carbons (Fsp3) is 0.333. The van der Waals surface area contributed by atoms with E-state index in [1.54, 1.807) is 11.0 Å². The van der Waals surface area contributed by atoms with Crippen LogP contribution in [0.5, 0.6) is 0 Å². The van der Waals surface area contributed by atoms with E-state index in [1.807, 2.05) is 40.2 Å². The molecule has 0 saturated carbocycles. The number of amides is 2. The largest absolute Gasteiger partial charge is 0.347 e. The van der Waals surface area contributed by atoms with Crippen molar-refractivity contribution in [3.05, 3.63) is 52.6 Å². The van der Waals surface area contributed by atoms with Gasteiger partial charge < -0.3 is 10.2 Å². The van der Waals surface area contributed by atoms with Gasteiger partial charge in [-0.1, -0.05) is 12.1 Å². The molecule has 0 aromatic carbocycles. The van der Waals surface area contributed by atoms with Gasteiger partial charge in [-0.05, 0) is 42.8 Å². The van der Waals surface area contributed by atoms with E-state index >= 15 is 0 Å². The lowest BCUT2D eigenvalue weighted by molar-refractivity contribution is -0.126. The number of nitrogens with one attached hydrogen (secondary N) is 1. The zero-order valence-electron chi connectivity index (χ0n) is 14.2. The van der Waals surface area contributed by atoms with Gasteiger partial charge >= 0.3 is 0 Å². The molecule has 1 aliphatic rings. The second kappa shape index (κ2) is 7.25. The molecule has 0 bridgehead atoms. The number of hydrogen-bond donors (Lipinski definition) is 1. The summed E-state index contributed by atoms with van der Waals surface area (Å²) in [6.45, 7) is 0.893. The maximum Gasteiger partial charge on any atom is 0.264 e. The zero-order valence-corrected chi connectivity index (χ0v) is 15.0. The van der Waals surface area contributed by atoms with Crippen molar-refractivity contribution in [1.82, 2.24) is 24.8 Å². The molecule has 3 aromatic rings. The summed E-state index contributed by atoms with van der Waals surface area (Å²) in [4.78, 5) is 27.8. The summed E-state index contributed by atoms with van der Waals surface area (Å²) in [7, 11) is 0. The standard InChI is InChI=1S/C18H19N5O2S/c24-17(19-12-16-21-20-15-8-2-4-10-23(15)16)13-6-1-3-9-22(13)18(25)14-7-5-11-26-14/h2,4-5,7-8,10-11,13H,1,3,6,9,12H2,(H,19,24). The maximum absolute atomic E-state index is 12.8. The molecule has 3 aromatic heterocycles. The molecule has 1 unspecified atom stereocenters.